The molecular weight excluding hydrogens is 212 g/mol. The molecule has 3 nitrogen and oxygen atoms in total. The SMILES string of the molecule is CCC(COC)NC(C)CC1CCCCCN1. The van der Waals surface area contributed by atoms with Crippen LogP contribution in [0.2, 0.25) is 0 Å². The Morgan fingerprint density at radius 1 is 1.35 bits per heavy atom. The highest BCUT2D eigenvalue weighted by molar-refractivity contribution is 4.78. The number of hydrogen-bond donors (Lipinski definition) is 2. The Hall–Kier alpha value is -0.120. The first-order valence-corrected chi connectivity index (χ1v) is 7.24. The largest absolute Gasteiger partial charge is 0.383 e. The van der Waals surface area contributed by atoms with E-state index in [0.717, 1.165) is 13.0 Å². The van der Waals surface area contributed by atoms with Gasteiger partial charge in [-0.2, -0.15) is 0 Å². The van der Waals surface area contributed by atoms with Gasteiger partial charge < -0.3 is 15.4 Å². The van der Waals surface area contributed by atoms with Crippen LogP contribution in [0, 0.1) is 0 Å². The highest BCUT2D eigenvalue weighted by Gasteiger charge is 2.16. The Morgan fingerprint density at radius 3 is 2.88 bits per heavy atom. The molecule has 0 aromatic rings. The monoisotopic (exact) mass is 242 g/mol. The summed E-state index contributed by atoms with van der Waals surface area (Å²) in [6, 6.07) is 1.78. The van der Waals surface area contributed by atoms with E-state index in [1.807, 2.05) is 0 Å². The lowest BCUT2D eigenvalue weighted by molar-refractivity contribution is 0.157. The van der Waals surface area contributed by atoms with Crippen LogP contribution in [0.1, 0.15) is 52.4 Å². The van der Waals surface area contributed by atoms with Crippen molar-refractivity contribution in [2.24, 2.45) is 0 Å². The van der Waals surface area contributed by atoms with Crippen molar-refractivity contribution in [3.63, 3.8) is 0 Å². The number of methoxy groups -OCH3 is 1. The predicted octanol–water partition coefficient (Wildman–Crippen LogP) is 2.31. The van der Waals surface area contributed by atoms with E-state index in [-0.39, 0.29) is 0 Å². The molecule has 0 radical (unpaired) electrons. The molecule has 1 fully saturated rings. The lowest BCUT2D eigenvalue weighted by Crippen LogP contribution is -2.43. The second-order valence-electron chi connectivity index (χ2n) is 5.36. The van der Waals surface area contributed by atoms with Gasteiger partial charge in [-0.25, -0.2) is 0 Å². The average Bonchev–Trinajstić information content (AvgIpc) is 2.57. The molecule has 1 saturated heterocycles. The average molecular weight is 242 g/mol. The fraction of sp³-hybridized carbons (Fsp3) is 1.00. The van der Waals surface area contributed by atoms with Gasteiger partial charge >= 0.3 is 0 Å². The third-order valence-corrected chi connectivity index (χ3v) is 3.68. The maximum Gasteiger partial charge on any atom is 0.0615 e. The van der Waals surface area contributed by atoms with Gasteiger partial charge in [-0.05, 0) is 39.2 Å². The Morgan fingerprint density at radius 2 is 2.18 bits per heavy atom. The van der Waals surface area contributed by atoms with E-state index >= 15 is 0 Å². The number of rotatable bonds is 7. The molecule has 1 aliphatic rings. The molecule has 1 heterocycles. The molecule has 0 aromatic carbocycles. The van der Waals surface area contributed by atoms with Gasteiger partial charge in [0.15, 0.2) is 0 Å². The zero-order valence-corrected chi connectivity index (χ0v) is 11.8. The molecule has 1 aliphatic heterocycles. The van der Waals surface area contributed by atoms with E-state index in [2.05, 4.69) is 24.5 Å². The van der Waals surface area contributed by atoms with Gasteiger partial charge in [-0.3, -0.25) is 0 Å². The van der Waals surface area contributed by atoms with E-state index in [9.17, 15) is 0 Å². The van der Waals surface area contributed by atoms with Crippen molar-refractivity contribution in [2.45, 2.75) is 70.5 Å². The second-order valence-corrected chi connectivity index (χ2v) is 5.36. The third-order valence-electron chi connectivity index (χ3n) is 3.68. The predicted molar refractivity (Wildman–Crippen MR) is 73.4 cm³/mol. The lowest BCUT2D eigenvalue weighted by atomic mass is 10.0. The summed E-state index contributed by atoms with van der Waals surface area (Å²) in [7, 11) is 1.78. The number of ether oxygens (including phenoxy) is 1. The zero-order chi connectivity index (χ0) is 12.5. The van der Waals surface area contributed by atoms with Crippen LogP contribution < -0.4 is 10.6 Å². The van der Waals surface area contributed by atoms with Crippen LogP contribution in [-0.4, -0.2) is 38.4 Å². The number of nitrogens with one attached hydrogen (secondary N) is 2. The van der Waals surface area contributed by atoms with Gasteiger partial charge in [0.25, 0.3) is 0 Å². The van der Waals surface area contributed by atoms with Gasteiger partial charge in [-0.15, -0.1) is 0 Å². The molecule has 0 bridgehead atoms. The Balaban J connectivity index is 2.23. The molecule has 3 unspecified atom stereocenters. The maximum atomic E-state index is 5.23. The van der Waals surface area contributed by atoms with Crippen LogP contribution in [0.4, 0.5) is 0 Å². The minimum atomic E-state index is 0.501. The maximum absolute atomic E-state index is 5.23. The van der Waals surface area contributed by atoms with Gasteiger partial charge in [-0.1, -0.05) is 19.8 Å². The molecular formula is C14H30N2O. The molecule has 102 valence electrons. The summed E-state index contributed by atoms with van der Waals surface area (Å²) < 4.78 is 5.23. The fourth-order valence-corrected chi connectivity index (χ4v) is 2.68. The molecule has 0 aliphatic carbocycles. The van der Waals surface area contributed by atoms with E-state index in [0.29, 0.717) is 18.1 Å². The van der Waals surface area contributed by atoms with E-state index in [1.54, 1.807) is 7.11 Å². The molecule has 17 heavy (non-hydrogen) atoms. The first-order valence-electron chi connectivity index (χ1n) is 7.24. The molecule has 0 aromatic heterocycles. The molecule has 2 N–H and O–H groups in total. The molecule has 3 heteroatoms. The van der Waals surface area contributed by atoms with Crippen LogP contribution in [0.5, 0.6) is 0 Å². The second kappa shape index (κ2) is 8.90. The molecule has 0 amide bonds. The lowest BCUT2D eigenvalue weighted by Gasteiger charge is -2.25. The summed E-state index contributed by atoms with van der Waals surface area (Å²) in [4.78, 5) is 0. The highest BCUT2D eigenvalue weighted by atomic mass is 16.5. The summed E-state index contributed by atoms with van der Waals surface area (Å²) in [5.74, 6) is 0. The van der Waals surface area contributed by atoms with Crippen LogP contribution in [-0.2, 0) is 4.74 Å². The molecule has 1 rings (SSSR count). The van der Waals surface area contributed by atoms with E-state index in [4.69, 9.17) is 4.74 Å². The Kier molecular flexibility index (Phi) is 7.82. The minimum absolute atomic E-state index is 0.501. The minimum Gasteiger partial charge on any atom is -0.383 e. The fourth-order valence-electron chi connectivity index (χ4n) is 2.68. The highest BCUT2D eigenvalue weighted by Crippen LogP contribution is 2.13. The quantitative estimate of drug-likeness (QED) is 0.719. The summed E-state index contributed by atoms with van der Waals surface area (Å²) in [5, 5.41) is 7.33. The summed E-state index contributed by atoms with van der Waals surface area (Å²) in [6.45, 7) is 6.53. The van der Waals surface area contributed by atoms with Crippen molar-refractivity contribution >= 4 is 0 Å². The van der Waals surface area contributed by atoms with Gasteiger partial charge in [0.05, 0.1) is 6.61 Å². The van der Waals surface area contributed by atoms with E-state index < -0.39 is 0 Å². The van der Waals surface area contributed by atoms with Crippen molar-refractivity contribution < 1.29 is 4.74 Å². The third kappa shape index (κ3) is 6.39. The Bertz CT molecular complexity index is 179. The molecule has 3 atom stereocenters. The summed E-state index contributed by atoms with van der Waals surface area (Å²) >= 11 is 0. The van der Waals surface area contributed by atoms with Crippen molar-refractivity contribution in [2.75, 3.05) is 20.3 Å². The van der Waals surface area contributed by atoms with Crippen LogP contribution in [0.3, 0.4) is 0 Å². The van der Waals surface area contributed by atoms with Gasteiger partial charge in [0, 0.05) is 25.2 Å². The topological polar surface area (TPSA) is 33.3 Å². The molecule has 0 spiro atoms. The van der Waals surface area contributed by atoms with Crippen LogP contribution in [0.25, 0.3) is 0 Å². The Labute approximate surface area is 107 Å². The normalized spacial score (nSPS) is 25.2. The van der Waals surface area contributed by atoms with Crippen molar-refractivity contribution in [1.29, 1.82) is 0 Å². The van der Waals surface area contributed by atoms with Crippen molar-refractivity contribution in [3.8, 4) is 0 Å². The van der Waals surface area contributed by atoms with Gasteiger partial charge in [0.1, 0.15) is 0 Å². The van der Waals surface area contributed by atoms with Gasteiger partial charge in [0.2, 0.25) is 0 Å². The summed E-state index contributed by atoms with van der Waals surface area (Å²) in [6.07, 6.45) is 7.84. The van der Waals surface area contributed by atoms with E-state index in [1.165, 1.54) is 38.6 Å². The zero-order valence-electron chi connectivity index (χ0n) is 11.8. The first-order chi connectivity index (χ1) is 8.26. The first kappa shape index (κ1) is 14.9. The molecule has 0 saturated carbocycles. The van der Waals surface area contributed by atoms with Crippen molar-refractivity contribution in [3.05, 3.63) is 0 Å². The summed E-state index contributed by atoms with van der Waals surface area (Å²) in [5.41, 5.74) is 0. The van der Waals surface area contributed by atoms with Crippen LogP contribution >= 0.6 is 0 Å². The standard InChI is InChI=1S/C14H30N2O/c1-4-13(11-17-3)16-12(2)10-14-8-6-5-7-9-15-14/h12-16H,4-11H2,1-3H3. The van der Waals surface area contributed by atoms with Crippen LogP contribution in [0.15, 0.2) is 0 Å². The van der Waals surface area contributed by atoms with Crippen molar-refractivity contribution in [1.82, 2.24) is 10.6 Å². The number of hydrogen-bond acceptors (Lipinski definition) is 3. The smallest absolute Gasteiger partial charge is 0.0615 e.